The van der Waals surface area contributed by atoms with Gasteiger partial charge in [0.1, 0.15) is 5.52 Å². The van der Waals surface area contributed by atoms with E-state index in [-0.39, 0.29) is 29.9 Å². The van der Waals surface area contributed by atoms with Crippen molar-refractivity contribution in [3.05, 3.63) is 52.7 Å². The lowest BCUT2D eigenvalue weighted by molar-refractivity contribution is -0.146. The summed E-state index contributed by atoms with van der Waals surface area (Å²) in [5, 5.41) is 5.16. The van der Waals surface area contributed by atoms with Gasteiger partial charge in [-0.25, -0.2) is 0 Å². The molecular formula is C23H23ClN4O3. The van der Waals surface area contributed by atoms with Gasteiger partial charge in [-0.15, -0.1) is 5.10 Å². The quantitative estimate of drug-likeness (QED) is 0.575. The highest BCUT2D eigenvalue weighted by atomic mass is 35.5. The fraction of sp³-hybridized carbons (Fsp3) is 0.391. The Labute approximate surface area is 184 Å². The Bertz CT molecular complexity index is 1160. The van der Waals surface area contributed by atoms with Crippen LogP contribution in [0.15, 0.2) is 36.5 Å². The van der Waals surface area contributed by atoms with Crippen LogP contribution in [0.5, 0.6) is 0 Å². The predicted molar refractivity (Wildman–Crippen MR) is 117 cm³/mol. The van der Waals surface area contributed by atoms with E-state index in [1.807, 2.05) is 25.1 Å². The summed E-state index contributed by atoms with van der Waals surface area (Å²) in [6.45, 7) is 1.86. The third-order valence-electron chi connectivity index (χ3n) is 6.56. The monoisotopic (exact) mass is 438 g/mol. The van der Waals surface area contributed by atoms with Crippen LogP contribution in [0.3, 0.4) is 0 Å². The van der Waals surface area contributed by atoms with E-state index in [1.54, 1.807) is 18.3 Å². The van der Waals surface area contributed by atoms with E-state index in [0.717, 1.165) is 31.2 Å². The Morgan fingerprint density at radius 1 is 1.13 bits per heavy atom. The Kier molecular flexibility index (Phi) is 4.93. The number of aromatic nitrogens is 3. The highest BCUT2D eigenvalue weighted by Crippen LogP contribution is 2.43. The number of nitrogens with zero attached hydrogens (tertiary/aromatic N) is 4. The molecule has 3 aromatic rings. The summed E-state index contributed by atoms with van der Waals surface area (Å²) in [6, 6.07) is 9.40. The zero-order chi connectivity index (χ0) is 21.7. The third kappa shape index (κ3) is 3.19. The number of piperidine rings is 1. The first-order valence-corrected chi connectivity index (χ1v) is 10.9. The van der Waals surface area contributed by atoms with E-state index in [1.165, 1.54) is 11.8 Å². The summed E-state index contributed by atoms with van der Waals surface area (Å²) in [6.07, 6.45) is 5.13. The number of benzene rings is 1. The second-order valence-corrected chi connectivity index (χ2v) is 8.73. The van der Waals surface area contributed by atoms with Gasteiger partial charge in [-0.3, -0.25) is 14.6 Å². The van der Waals surface area contributed by atoms with Crippen LogP contribution in [0, 0.1) is 12.8 Å². The second-order valence-electron chi connectivity index (χ2n) is 8.33. The van der Waals surface area contributed by atoms with Crippen LogP contribution >= 0.6 is 11.6 Å². The van der Waals surface area contributed by atoms with E-state index in [0.29, 0.717) is 27.4 Å². The van der Waals surface area contributed by atoms with Gasteiger partial charge in [-0.2, -0.15) is 4.68 Å². The first-order chi connectivity index (χ1) is 15.0. The van der Waals surface area contributed by atoms with Gasteiger partial charge in [0.2, 0.25) is 0 Å². The Morgan fingerprint density at radius 3 is 2.55 bits per heavy atom. The fourth-order valence-corrected chi connectivity index (χ4v) is 5.46. The molecule has 2 aromatic heterocycles. The molecule has 0 spiro atoms. The molecule has 2 bridgehead atoms. The number of carbonyl (C=O) groups is 2. The van der Waals surface area contributed by atoms with Gasteiger partial charge in [0.05, 0.1) is 29.1 Å². The molecular weight excluding hydrogens is 416 g/mol. The van der Waals surface area contributed by atoms with Gasteiger partial charge < -0.3 is 9.64 Å². The zero-order valence-corrected chi connectivity index (χ0v) is 18.2. The minimum Gasteiger partial charge on any atom is -0.469 e. The van der Waals surface area contributed by atoms with Crippen molar-refractivity contribution in [3.63, 3.8) is 0 Å². The molecule has 2 aliphatic heterocycles. The van der Waals surface area contributed by atoms with Gasteiger partial charge in [0.25, 0.3) is 5.91 Å². The lowest BCUT2D eigenvalue weighted by atomic mass is 9.90. The summed E-state index contributed by atoms with van der Waals surface area (Å²) < 4.78 is 6.40. The van der Waals surface area contributed by atoms with E-state index in [9.17, 15) is 9.59 Å². The Balaban J connectivity index is 1.58. The maximum absolute atomic E-state index is 13.5. The third-order valence-corrected chi connectivity index (χ3v) is 6.88. The number of pyridine rings is 1. The number of carbonyl (C=O) groups excluding carboxylic acids is 2. The molecule has 8 heteroatoms. The molecule has 0 saturated carbocycles. The van der Waals surface area contributed by atoms with Crippen molar-refractivity contribution in [1.29, 1.82) is 0 Å². The van der Waals surface area contributed by atoms with E-state index in [2.05, 4.69) is 9.88 Å². The Hall–Kier alpha value is -2.93. The normalized spacial score (nSPS) is 22.7. The molecule has 2 atom stereocenters. The first kappa shape index (κ1) is 20.0. The highest BCUT2D eigenvalue weighted by molar-refractivity contribution is 6.34. The molecule has 0 radical (unpaired) electrons. The van der Waals surface area contributed by atoms with Crippen LogP contribution in [-0.4, -0.2) is 45.8 Å². The molecule has 1 aromatic carbocycles. The number of rotatable bonds is 3. The molecule has 0 amide bonds. The van der Waals surface area contributed by atoms with E-state index >= 15 is 0 Å². The summed E-state index contributed by atoms with van der Waals surface area (Å²) in [4.78, 5) is 32.4. The number of fused-ring (bicyclic) bond motifs is 3. The van der Waals surface area contributed by atoms with Gasteiger partial charge in [-0.05, 0) is 56.4 Å². The summed E-state index contributed by atoms with van der Waals surface area (Å²) >= 11 is 6.36. The fourth-order valence-electron chi connectivity index (χ4n) is 5.16. The predicted octanol–water partition coefficient (Wildman–Crippen LogP) is 4.00. The molecule has 5 rings (SSSR count). The van der Waals surface area contributed by atoms with Gasteiger partial charge >= 0.3 is 5.97 Å². The van der Waals surface area contributed by atoms with E-state index < -0.39 is 0 Å². The first-order valence-electron chi connectivity index (χ1n) is 10.5. The Morgan fingerprint density at radius 2 is 1.87 bits per heavy atom. The van der Waals surface area contributed by atoms with Crippen LogP contribution < -0.4 is 4.90 Å². The summed E-state index contributed by atoms with van der Waals surface area (Å²) in [5.74, 6) is 0.190. The van der Waals surface area contributed by atoms with Crippen molar-refractivity contribution in [1.82, 2.24) is 14.8 Å². The van der Waals surface area contributed by atoms with Crippen LogP contribution in [0.1, 0.15) is 41.6 Å². The van der Waals surface area contributed by atoms with Crippen LogP contribution in [-0.2, 0) is 9.53 Å². The number of halogens is 1. The average Bonchev–Trinajstić information content (AvgIpc) is 3.26. The number of methoxy groups -OCH3 is 1. The smallest absolute Gasteiger partial charge is 0.308 e. The minimum atomic E-state index is -0.274. The molecule has 2 saturated heterocycles. The second kappa shape index (κ2) is 7.64. The zero-order valence-electron chi connectivity index (χ0n) is 17.4. The van der Waals surface area contributed by atoms with Gasteiger partial charge in [-0.1, -0.05) is 23.7 Å². The minimum absolute atomic E-state index is 0.0903. The number of hydrogen-bond acceptors (Lipinski definition) is 6. The van der Waals surface area contributed by atoms with Crippen LogP contribution in [0.25, 0.3) is 11.0 Å². The molecule has 0 aliphatic carbocycles. The number of aryl methyl sites for hydroxylation is 1. The van der Waals surface area contributed by atoms with Crippen LogP contribution in [0.4, 0.5) is 5.82 Å². The van der Waals surface area contributed by atoms with Gasteiger partial charge in [0.15, 0.2) is 5.82 Å². The van der Waals surface area contributed by atoms with Crippen molar-refractivity contribution >= 4 is 40.3 Å². The number of esters is 1. The summed E-state index contributed by atoms with van der Waals surface area (Å²) in [5.41, 5.74) is 2.58. The van der Waals surface area contributed by atoms with Crippen LogP contribution in [0.2, 0.25) is 5.02 Å². The largest absolute Gasteiger partial charge is 0.469 e. The number of ether oxygens (including phenoxy) is 1. The summed E-state index contributed by atoms with van der Waals surface area (Å²) in [7, 11) is 1.44. The lowest BCUT2D eigenvalue weighted by Crippen LogP contribution is -2.45. The molecule has 2 fully saturated rings. The lowest BCUT2D eigenvalue weighted by Gasteiger charge is -2.38. The molecule has 2 unspecified atom stereocenters. The van der Waals surface area contributed by atoms with Crippen molar-refractivity contribution in [2.24, 2.45) is 5.92 Å². The standard InChI is InChI=1S/C23H23ClN4O3/c1-13-5-3-6-17(24)19(13)22(29)28-18-7-4-10-25-20(18)21(26-28)27-15-8-9-16(27)12-14(11-15)23(30)31-2/h3-7,10,14-16H,8-9,11-12H2,1-2H3. The molecule has 2 aliphatic rings. The van der Waals surface area contributed by atoms with Crippen molar-refractivity contribution in [3.8, 4) is 0 Å². The maximum Gasteiger partial charge on any atom is 0.308 e. The SMILES string of the molecule is COC(=O)C1CC2CCC(C1)N2c1nn(C(=O)c2c(C)cccc2Cl)c2cccnc12. The average molecular weight is 439 g/mol. The molecule has 7 nitrogen and oxygen atoms in total. The topological polar surface area (TPSA) is 77.3 Å². The number of anilines is 1. The van der Waals surface area contributed by atoms with Crippen molar-refractivity contribution in [2.45, 2.75) is 44.7 Å². The maximum atomic E-state index is 13.5. The molecule has 160 valence electrons. The molecule has 4 heterocycles. The molecule has 0 N–H and O–H groups in total. The van der Waals surface area contributed by atoms with Crippen molar-refractivity contribution in [2.75, 3.05) is 12.0 Å². The molecule has 31 heavy (non-hydrogen) atoms. The highest BCUT2D eigenvalue weighted by Gasteiger charge is 2.45. The van der Waals surface area contributed by atoms with Crippen molar-refractivity contribution < 1.29 is 14.3 Å². The number of hydrogen-bond donors (Lipinski definition) is 0. The van der Waals surface area contributed by atoms with E-state index in [4.69, 9.17) is 21.4 Å². The van der Waals surface area contributed by atoms with Gasteiger partial charge in [0, 0.05) is 18.3 Å².